The monoisotopic (exact) mass is 616 g/mol. The molecule has 1 aliphatic rings. The normalized spacial score (nSPS) is 16.0. The Morgan fingerprint density at radius 1 is 0.783 bits per heavy atom. The van der Waals surface area contributed by atoms with Crippen molar-refractivity contribution < 1.29 is 24.3 Å². The molecule has 5 rings (SSSR count). The van der Waals surface area contributed by atoms with Crippen LogP contribution in [0, 0.1) is 5.92 Å². The number of amides is 4. The third-order valence-electron chi connectivity index (χ3n) is 8.16. The van der Waals surface area contributed by atoms with Gasteiger partial charge in [0.25, 0.3) is 5.91 Å². The summed E-state index contributed by atoms with van der Waals surface area (Å²) in [6.07, 6.45) is 1.22. The fraction of sp³-hybridized carbons (Fsp3) is 0.189. The minimum atomic E-state index is -1.30. The van der Waals surface area contributed by atoms with Crippen LogP contribution in [0.3, 0.4) is 0 Å². The molecule has 1 heterocycles. The van der Waals surface area contributed by atoms with E-state index in [1.165, 1.54) is 0 Å². The smallest absolute Gasteiger partial charge is 0.405 e. The quantitative estimate of drug-likeness (QED) is 0.132. The summed E-state index contributed by atoms with van der Waals surface area (Å²) >= 11 is 0. The topological polar surface area (TPSA) is 137 Å². The highest BCUT2D eigenvalue weighted by molar-refractivity contribution is 6.11. The second kappa shape index (κ2) is 14.4. The third-order valence-corrected chi connectivity index (χ3v) is 8.16. The molecular formula is C37H36N4O5. The first-order chi connectivity index (χ1) is 22.2. The lowest BCUT2D eigenvalue weighted by Crippen LogP contribution is -2.44. The van der Waals surface area contributed by atoms with E-state index in [1.807, 2.05) is 80.6 Å². The number of para-hydroxylation sites is 2. The zero-order valence-corrected chi connectivity index (χ0v) is 25.6. The number of carbonyl (C=O) groups is 4. The standard InChI is InChI=1S/C37H36N4O5/c1-3-23(2)34-29(25-15-7-8-18-28(25)35(43)41-34)22-33(42)38-30-19-11-9-16-26(30)27-17-10-12-20-31(27)39-36(44)32(40-37(45)46)21-24-13-5-4-6-14-24/h4-20,22-23,32,34,40H,3,21H2,1-2H3,(H,38,42)(H,39,44)(H,41,43)(H,45,46). The van der Waals surface area contributed by atoms with E-state index in [0.717, 1.165) is 23.1 Å². The van der Waals surface area contributed by atoms with Gasteiger partial charge in [0.2, 0.25) is 11.8 Å². The van der Waals surface area contributed by atoms with E-state index in [9.17, 15) is 24.3 Å². The highest BCUT2D eigenvalue weighted by atomic mass is 16.4. The fourth-order valence-corrected chi connectivity index (χ4v) is 5.64. The van der Waals surface area contributed by atoms with E-state index in [0.29, 0.717) is 28.1 Å². The largest absolute Gasteiger partial charge is 0.465 e. The maximum atomic E-state index is 13.6. The molecule has 46 heavy (non-hydrogen) atoms. The van der Waals surface area contributed by atoms with Gasteiger partial charge < -0.3 is 26.4 Å². The van der Waals surface area contributed by atoms with Crippen LogP contribution in [-0.2, 0) is 16.0 Å². The minimum Gasteiger partial charge on any atom is -0.465 e. The molecule has 4 amide bonds. The zero-order chi connectivity index (χ0) is 32.6. The summed E-state index contributed by atoms with van der Waals surface area (Å²) in [5.41, 5.74) is 5.07. The van der Waals surface area contributed by atoms with Crippen molar-refractivity contribution in [3.8, 4) is 11.1 Å². The summed E-state index contributed by atoms with van der Waals surface area (Å²) in [6.45, 7) is 4.09. The van der Waals surface area contributed by atoms with Crippen LogP contribution in [0.15, 0.2) is 109 Å². The average Bonchev–Trinajstić information content (AvgIpc) is 3.06. The number of carbonyl (C=O) groups excluding carboxylic acids is 3. The van der Waals surface area contributed by atoms with Gasteiger partial charge in [0, 0.05) is 40.6 Å². The van der Waals surface area contributed by atoms with Gasteiger partial charge in [0.15, 0.2) is 0 Å². The Bertz CT molecular complexity index is 1790. The molecule has 3 atom stereocenters. The highest BCUT2D eigenvalue weighted by Gasteiger charge is 2.32. The summed E-state index contributed by atoms with van der Waals surface area (Å²) in [4.78, 5) is 51.4. The fourth-order valence-electron chi connectivity index (χ4n) is 5.64. The summed E-state index contributed by atoms with van der Waals surface area (Å²) in [5, 5.41) is 20.7. The maximum Gasteiger partial charge on any atom is 0.405 e. The Hall–Kier alpha value is -5.70. The van der Waals surface area contributed by atoms with Crippen LogP contribution >= 0.6 is 0 Å². The number of carboxylic acid groups (broad SMARTS) is 1. The SMILES string of the molecule is CCC(C)C1NC(=O)c2ccccc2C1=CC(=O)Nc1ccccc1-c1ccccc1NC(=O)C(Cc1ccccc1)NC(=O)O. The first kappa shape index (κ1) is 31.7. The molecule has 9 heteroatoms. The predicted molar refractivity (Wildman–Crippen MR) is 179 cm³/mol. The number of nitrogens with one attached hydrogen (secondary N) is 4. The molecule has 0 aromatic heterocycles. The number of anilines is 2. The van der Waals surface area contributed by atoms with Crippen LogP contribution in [-0.4, -0.2) is 41.0 Å². The lowest BCUT2D eigenvalue weighted by Gasteiger charge is -2.32. The Balaban J connectivity index is 1.43. The molecule has 4 aromatic rings. The van der Waals surface area contributed by atoms with E-state index in [1.54, 1.807) is 42.5 Å². The lowest BCUT2D eigenvalue weighted by atomic mass is 9.82. The van der Waals surface area contributed by atoms with Crippen molar-refractivity contribution in [1.29, 1.82) is 0 Å². The molecule has 4 aromatic carbocycles. The van der Waals surface area contributed by atoms with Crippen molar-refractivity contribution in [2.75, 3.05) is 10.6 Å². The van der Waals surface area contributed by atoms with Crippen molar-refractivity contribution in [1.82, 2.24) is 10.6 Å². The van der Waals surface area contributed by atoms with Crippen molar-refractivity contribution in [3.05, 3.63) is 126 Å². The number of hydrogen-bond donors (Lipinski definition) is 5. The van der Waals surface area contributed by atoms with Crippen molar-refractivity contribution >= 4 is 40.8 Å². The van der Waals surface area contributed by atoms with E-state index in [-0.39, 0.29) is 30.2 Å². The predicted octanol–water partition coefficient (Wildman–Crippen LogP) is 6.35. The van der Waals surface area contributed by atoms with Gasteiger partial charge in [-0.15, -0.1) is 0 Å². The summed E-state index contributed by atoms with van der Waals surface area (Å²) in [5.74, 6) is -0.941. The molecule has 0 spiro atoms. The van der Waals surface area contributed by atoms with Gasteiger partial charge in [-0.2, -0.15) is 0 Å². The van der Waals surface area contributed by atoms with Gasteiger partial charge in [0.1, 0.15) is 6.04 Å². The molecule has 0 saturated heterocycles. The molecule has 0 aliphatic carbocycles. The Kier molecular flexibility index (Phi) is 9.92. The highest BCUT2D eigenvalue weighted by Crippen LogP contribution is 2.35. The van der Waals surface area contributed by atoms with Gasteiger partial charge in [0.05, 0.1) is 6.04 Å². The van der Waals surface area contributed by atoms with E-state index >= 15 is 0 Å². The van der Waals surface area contributed by atoms with Gasteiger partial charge >= 0.3 is 6.09 Å². The second-order valence-corrected chi connectivity index (χ2v) is 11.2. The number of hydrogen-bond acceptors (Lipinski definition) is 4. The van der Waals surface area contributed by atoms with E-state index in [4.69, 9.17) is 0 Å². The molecule has 5 N–H and O–H groups in total. The van der Waals surface area contributed by atoms with Crippen LogP contribution in [0.4, 0.5) is 16.2 Å². The Morgan fingerprint density at radius 3 is 1.93 bits per heavy atom. The van der Waals surface area contributed by atoms with Crippen molar-refractivity contribution in [3.63, 3.8) is 0 Å². The summed E-state index contributed by atoms with van der Waals surface area (Å²) in [7, 11) is 0. The first-order valence-corrected chi connectivity index (χ1v) is 15.2. The van der Waals surface area contributed by atoms with Gasteiger partial charge in [-0.1, -0.05) is 105 Å². The van der Waals surface area contributed by atoms with Gasteiger partial charge in [-0.25, -0.2) is 4.79 Å². The average molecular weight is 617 g/mol. The van der Waals surface area contributed by atoms with Crippen LogP contribution in [0.1, 0.15) is 41.8 Å². The first-order valence-electron chi connectivity index (χ1n) is 15.2. The summed E-state index contributed by atoms with van der Waals surface area (Å²) in [6, 6.07) is 29.5. The van der Waals surface area contributed by atoms with Crippen LogP contribution in [0.5, 0.6) is 0 Å². The lowest BCUT2D eigenvalue weighted by molar-refractivity contribution is -0.118. The molecule has 0 saturated carbocycles. The molecule has 0 bridgehead atoms. The third kappa shape index (κ3) is 7.32. The molecule has 234 valence electrons. The molecule has 1 aliphatic heterocycles. The van der Waals surface area contributed by atoms with Gasteiger partial charge in [-0.05, 0) is 40.8 Å². The van der Waals surface area contributed by atoms with Gasteiger partial charge in [-0.3, -0.25) is 14.4 Å². The van der Waals surface area contributed by atoms with Crippen LogP contribution < -0.4 is 21.3 Å². The molecule has 3 unspecified atom stereocenters. The number of benzene rings is 4. The van der Waals surface area contributed by atoms with Crippen molar-refractivity contribution in [2.24, 2.45) is 5.92 Å². The number of rotatable bonds is 10. The Labute approximate surface area is 267 Å². The van der Waals surface area contributed by atoms with Crippen molar-refractivity contribution in [2.45, 2.75) is 38.8 Å². The van der Waals surface area contributed by atoms with E-state index in [2.05, 4.69) is 21.3 Å². The van der Waals surface area contributed by atoms with E-state index < -0.39 is 18.0 Å². The zero-order valence-electron chi connectivity index (χ0n) is 25.6. The molecule has 9 nitrogen and oxygen atoms in total. The van der Waals surface area contributed by atoms with Crippen LogP contribution in [0.25, 0.3) is 16.7 Å². The van der Waals surface area contributed by atoms with Crippen LogP contribution in [0.2, 0.25) is 0 Å². The molecule has 0 fully saturated rings. The second-order valence-electron chi connectivity index (χ2n) is 11.2. The Morgan fingerprint density at radius 2 is 1.33 bits per heavy atom. The minimum absolute atomic E-state index is 0.0977. The maximum absolute atomic E-state index is 13.6. The number of fused-ring (bicyclic) bond motifs is 1. The molecular weight excluding hydrogens is 580 g/mol. The summed E-state index contributed by atoms with van der Waals surface area (Å²) < 4.78 is 0. The molecule has 0 radical (unpaired) electrons.